The first-order chi connectivity index (χ1) is 12.1. The van der Waals surface area contributed by atoms with Crippen LogP contribution >= 0.6 is 11.6 Å². The summed E-state index contributed by atoms with van der Waals surface area (Å²) < 4.78 is 11.2. The Morgan fingerprint density at radius 2 is 1.92 bits per heavy atom. The van der Waals surface area contributed by atoms with Crippen LogP contribution in [0.4, 0.5) is 0 Å². The number of amides is 1. The Morgan fingerprint density at radius 3 is 2.64 bits per heavy atom. The number of carbonyl (C=O) groups is 1. The van der Waals surface area contributed by atoms with Crippen molar-refractivity contribution in [3.8, 4) is 11.5 Å². The van der Waals surface area contributed by atoms with Crippen molar-refractivity contribution in [1.29, 1.82) is 0 Å². The average Bonchev–Trinajstić information content (AvgIpc) is 2.65. The minimum absolute atomic E-state index is 0.123. The van der Waals surface area contributed by atoms with Gasteiger partial charge in [0.05, 0.1) is 6.04 Å². The van der Waals surface area contributed by atoms with Crippen molar-refractivity contribution in [2.24, 2.45) is 11.7 Å². The van der Waals surface area contributed by atoms with E-state index in [1.165, 1.54) is 0 Å². The number of fused-ring (bicyclic) bond motifs is 1. The van der Waals surface area contributed by atoms with E-state index in [9.17, 15) is 4.79 Å². The summed E-state index contributed by atoms with van der Waals surface area (Å²) >= 11 is 6.38. The Hall–Kier alpha value is -2.24. The third kappa shape index (κ3) is 3.89. The van der Waals surface area contributed by atoms with E-state index in [0.29, 0.717) is 29.7 Å². The molecule has 0 spiro atoms. The van der Waals surface area contributed by atoms with E-state index in [1.807, 2.05) is 36.4 Å². The molecule has 0 radical (unpaired) electrons. The van der Waals surface area contributed by atoms with Gasteiger partial charge in [-0.15, -0.1) is 0 Å². The molecule has 0 aromatic heterocycles. The van der Waals surface area contributed by atoms with Gasteiger partial charge in [-0.05, 0) is 29.3 Å². The Morgan fingerprint density at radius 1 is 1.20 bits per heavy atom. The summed E-state index contributed by atoms with van der Waals surface area (Å²) in [4.78, 5) is 12.4. The van der Waals surface area contributed by atoms with E-state index in [1.54, 1.807) is 13.0 Å². The summed E-state index contributed by atoms with van der Waals surface area (Å²) in [6.07, 6.45) is 0. The highest BCUT2D eigenvalue weighted by molar-refractivity contribution is 6.31. The highest BCUT2D eigenvalue weighted by atomic mass is 35.5. The molecule has 2 aromatic rings. The summed E-state index contributed by atoms with van der Waals surface area (Å²) in [6, 6.07) is 12.7. The molecule has 132 valence electrons. The van der Waals surface area contributed by atoms with Crippen molar-refractivity contribution in [1.82, 2.24) is 5.32 Å². The number of ether oxygens (including phenoxy) is 2. The molecular formula is C19H21ClN2O3. The Balaban J connectivity index is 1.99. The van der Waals surface area contributed by atoms with Gasteiger partial charge in [-0.3, -0.25) is 4.79 Å². The molecule has 1 heterocycles. The number of halogens is 1. The first-order valence-corrected chi connectivity index (χ1v) is 8.62. The predicted molar refractivity (Wildman–Crippen MR) is 97.1 cm³/mol. The van der Waals surface area contributed by atoms with Gasteiger partial charge in [0.2, 0.25) is 5.91 Å². The third-order valence-electron chi connectivity index (χ3n) is 4.20. The molecule has 1 aliphatic rings. The van der Waals surface area contributed by atoms with E-state index in [4.69, 9.17) is 26.8 Å². The van der Waals surface area contributed by atoms with Gasteiger partial charge in [-0.2, -0.15) is 0 Å². The second-order valence-corrected chi connectivity index (χ2v) is 6.41. The van der Waals surface area contributed by atoms with Gasteiger partial charge in [0.15, 0.2) is 11.5 Å². The topological polar surface area (TPSA) is 73.6 Å². The van der Waals surface area contributed by atoms with E-state index in [0.717, 1.165) is 11.1 Å². The average molecular weight is 361 g/mol. The van der Waals surface area contributed by atoms with Crippen LogP contribution in [0.1, 0.15) is 24.1 Å². The van der Waals surface area contributed by atoms with Crippen LogP contribution in [0.25, 0.3) is 0 Å². The molecule has 3 N–H and O–H groups in total. The fraction of sp³-hybridized carbons (Fsp3) is 0.316. The number of rotatable bonds is 5. The van der Waals surface area contributed by atoms with Gasteiger partial charge in [0, 0.05) is 17.5 Å². The summed E-state index contributed by atoms with van der Waals surface area (Å²) in [7, 11) is 0. The molecule has 25 heavy (non-hydrogen) atoms. The lowest BCUT2D eigenvalue weighted by atomic mass is 9.97. The van der Waals surface area contributed by atoms with Crippen LogP contribution in [0, 0.1) is 5.92 Å². The van der Waals surface area contributed by atoms with Crippen molar-refractivity contribution in [2.75, 3.05) is 19.8 Å². The van der Waals surface area contributed by atoms with Gasteiger partial charge in [-0.25, -0.2) is 0 Å². The minimum Gasteiger partial charge on any atom is -0.486 e. The fourth-order valence-electron chi connectivity index (χ4n) is 2.68. The molecule has 5 nitrogen and oxygen atoms in total. The first kappa shape index (κ1) is 17.6. The Labute approximate surface area is 152 Å². The fourth-order valence-corrected chi connectivity index (χ4v) is 2.93. The zero-order chi connectivity index (χ0) is 17.8. The summed E-state index contributed by atoms with van der Waals surface area (Å²) in [5.74, 6) is 0.959. The van der Waals surface area contributed by atoms with Gasteiger partial charge >= 0.3 is 0 Å². The minimum atomic E-state index is -0.397. The molecule has 3 rings (SSSR count). The maximum atomic E-state index is 12.4. The van der Waals surface area contributed by atoms with Crippen molar-refractivity contribution in [2.45, 2.75) is 13.0 Å². The number of carbonyl (C=O) groups excluding carboxylic acids is 1. The van der Waals surface area contributed by atoms with Crippen LogP contribution in [0.15, 0.2) is 42.5 Å². The van der Waals surface area contributed by atoms with Gasteiger partial charge in [-0.1, -0.05) is 42.8 Å². The van der Waals surface area contributed by atoms with E-state index in [-0.39, 0.29) is 18.4 Å². The van der Waals surface area contributed by atoms with Crippen molar-refractivity contribution >= 4 is 17.5 Å². The second kappa shape index (κ2) is 7.76. The molecule has 0 aliphatic carbocycles. The van der Waals surface area contributed by atoms with E-state index >= 15 is 0 Å². The van der Waals surface area contributed by atoms with Crippen LogP contribution in [0.3, 0.4) is 0 Å². The summed E-state index contributed by atoms with van der Waals surface area (Å²) in [5.41, 5.74) is 7.31. The molecule has 0 bridgehead atoms. The second-order valence-electron chi connectivity index (χ2n) is 6.00. The van der Waals surface area contributed by atoms with E-state index < -0.39 is 6.04 Å². The molecule has 0 saturated carbocycles. The lowest BCUT2D eigenvalue weighted by Crippen LogP contribution is -2.36. The van der Waals surface area contributed by atoms with Gasteiger partial charge < -0.3 is 20.5 Å². The third-order valence-corrected chi connectivity index (χ3v) is 4.55. The first-order valence-electron chi connectivity index (χ1n) is 8.24. The molecule has 0 fully saturated rings. The molecule has 2 unspecified atom stereocenters. The quantitative estimate of drug-likeness (QED) is 0.859. The number of nitrogens with one attached hydrogen (secondary N) is 1. The molecule has 2 aromatic carbocycles. The lowest BCUT2D eigenvalue weighted by Gasteiger charge is -2.25. The number of hydrogen-bond acceptors (Lipinski definition) is 4. The highest BCUT2D eigenvalue weighted by Gasteiger charge is 2.23. The molecule has 1 aliphatic heterocycles. The van der Waals surface area contributed by atoms with Crippen LogP contribution in [0.2, 0.25) is 5.02 Å². The van der Waals surface area contributed by atoms with Gasteiger partial charge in [0.25, 0.3) is 0 Å². The largest absolute Gasteiger partial charge is 0.486 e. The molecule has 0 saturated heterocycles. The molecule has 6 heteroatoms. The van der Waals surface area contributed by atoms with Gasteiger partial charge in [0.1, 0.15) is 13.2 Å². The number of hydrogen-bond donors (Lipinski definition) is 2. The predicted octanol–water partition coefficient (Wildman–Crippen LogP) is 2.91. The highest BCUT2D eigenvalue weighted by Crippen LogP contribution is 2.36. The monoisotopic (exact) mass is 360 g/mol. The Kier molecular flexibility index (Phi) is 5.46. The Bertz CT molecular complexity index is 766. The lowest BCUT2D eigenvalue weighted by molar-refractivity contribution is -0.124. The zero-order valence-corrected chi connectivity index (χ0v) is 14.8. The maximum absolute atomic E-state index is 12.4. The standard InChI is InChI=1S/C19H21ClN2O3/c1-12(11-21)19(23)22-18(14-4-2-3-5-15(14)20)13-6-7-16-17(10-13)25-9-8-24-16/h2-7,10,12,18H,8-9,11,21H2,1H3,(H,22,23). The molecule has 1 amide bonds. The maximum Gasteiger partial charge on any atom is 0.224 e. The number of benzene rings is 2. The van der Waals surface area contributed by atoms with Crippen LogP contribution in [-0.4, -0.2) is 25.7 Å². The van der Waals surface area contributed by atoms with Crippen molar-refractivity contribution in [3.63, 3.8) is 0 Å². The van der Waals surface area contributed by atoms with E-state index in [2.05, 4.69) is 5.32 Å². The van der Waals surface area contributed by atoms with Crippen LogP contribution in [-0.2, 0) is 4.79 Å². The van der Waals surface area contributed by atoms with Crippen LogP contribution in [0.5, 0.6) is 11.5 Å². The summed E-state index contributed by atoms with van der Waals surface area (Å²) in [5, 5.41) is 3.63. The smallest absolute Gasteiger partial charge is 0.224 e. The normalized spacial score (nSPS) is 15.3. The SMILES string of the molecule is CC(CN)C(=O)NC(c1ccc2c(c1)OCCO2)c1ccccc1Cl. The molecular weight excluding hydrogens is 340 g/mol. The van der Waals surface area contributed by atoms with Crippen molar-refractivity contribution < 1.29 is 14.3 Å². The van der Waals surface area contributed by atoms with Crippen molar-refractivity contribution in [3.05, 3.63) is 58.6 Å². The van der Waals surface area contributed by atoms with Crippen LogP contribution < -0.4 is 20.5 Å². The summed E-state index contributed by atoms with van der Waals surface area (Å²) in [6.45, 7) is 3.11. The zero-order valence-electron chi connectivity index (χ0n) is 14.0. The molecule has 2 atom stereocenters. The number of nitrogens with two attached hydrogens (primary N) is 1.